The molecule has 2 fully saturated rings. The van der Waals surface area contributed by atoms with Crippen molar-refractivity contribution in [3.8, 4) is 0 Å². The van der Waals surface area contributed by atoms with Crippen LogP contribution in [0.25, 0.3) is 0 Å². The van der Waals surface area contributed by atoms with Crippen molar-refractivity contribution in [1.82, 2.24) is 10.2 Å². The van der Waals surface area contributed by atoms with Gasteiger partial charge in [0.1, 0.15) is 0 Å². The van der Waals surface area contributed by atoms with Gasteiger partial charge in [-0.05, 0) is 58.8 Å². The Labute approximate surface area is 107 Å². The standard InChI is InChI=1S/C15H30N2/c1-5-14(12-6-7-12)16-13-8-10-17(11-9-13)15(2,3)4/h12-14,16H,5-11H2,1-4H3. The van der Waals surface area contributed by atoms with Crippen LogP contribution in [0.1, 0.15) is 59.8 Å². The Bertz CT molecular complexity index is 232. The molecule has 1 saturated carbocycles. The number of rotatable bonds is 4. The highest BCUT2D eigenvalue weighted by atomic mass is 15.2. The molecular formula is C15H30N2. The van der Waals surface area contributed by atoms with E-state index in [9.17, 15) is 0 Å². The summed E-state index contributed by atoms with van der Waals surface area (Å²) in [7, 11) is 0. The van der Waals surface area contributed by atoms with Crippen LogP contribution in [-0.4, -0.2) is 35.6 Å². The lowest BCUT2D eigenvalue weighted by molar-refractivity contribution is 0.0928. The van der Waals surface area contributed by atoms with E-state index in [1.165, 1.54) is 45.2 Å². The summed E-state index contributed by atoms with van der Waals surface area (Å²) >= 11 is 0. The van der Waals surface area contributed by atoms with Crippen molar-refractivity contribution in [3.05, 3.63) is 0 Å². The molecule has 1 heterocycles. The number of likely N-dealkylation sites (tertiary alicyclic amines) is 1. The molecule has 0 aromatic rings. The molecular weight excluding hydrogens is 208 g/mol. The summed E-state index contributed by atoms with van der Waals surface area (Å²) in [5.41, 5.74) is 0.353. The van der Waals surface area contributed by atoms with Crippen molar-refractivity contribution < 1.29 is 0 Å². The average molecular weight is 238 g/mol. The van der Waals surface area contributed by atoms with E-state index in [2.05, 4.69) is 37.9 Å². The molecule has 0 aromatic heterocycles. The molecule has 0 amide bonds. The highest BCUT2D eigenvalue weighted by Crippen LogP contribution is 2.34. The largest absolute Gasteiger partial charge is 0.311 e. The molecule has 0 bridgehead atoms. The van der Waals surface area contributed by atoms with Gasteiger partial charge in [0, 0.05) is 30.7 Å². The molecule has 1 N–H and O–H groups in total. The molecule has 2 rings (SSSR count). The molecule has 1 aliphatic carbocycles. The van der Waals surface area contributed by atoms with Crippen LogP contribution in [0.4, 0.5) is 0 Å². The quantitative estimate of drug-likeness (QED) is 0.810. The summed E-state index contributed by atoms with van der Waals surface area (Å²) in [4.78, 5) is 2.63. The Kier molecular flexibility index (Phi) is 4.14. The molecule has 2 heteroatoms. The molecule has 17 heavy (non-hydrogen) atoms. The number of hydrogen-bond acceptors (Lipinski definition) is 2. The van der Waals surface area contributed by atoms with E-state index >= 15 is 0 Å². The van der Waals surface area contributed by atoms with E-state index in [4.69, 9.17) is 0 Å². The van der Waals surface area contributed by atoms with Crippen LogP contribution in [-0.2, 0) is 0 Å². The van der Waals surface area contributed by atoms with Gasteiger partial charge >= 0.3 is 0 Å². The summed E-state index contributed by atoms with van der Waals surface area (Å²) in [5, 5.41) is 3.91. The maximum absolute atomic E-state index is 3.91. The van der Waals surface area contributed by atoms with E-state index in [-0.39, 0.29) is 0 Å². The van der Waals surface area contributed by atoms with Crippen molar-refractivity contribution in [2.75, 3.05) is 13.1 Å². The SMILES string of the molecule is CCC(NC1CCN(C(C)(C)C)CC1)C1CC1. The van der Waals surface area contributed by atoms with Crippen molar-refractivity contribution in [2.45, 2.75) is 77.4 Å². The average Bonchev–Trinajstić information content (AvgIpc) is 3.09. The van der Waals surface area contributed by atoms with E-state index in [1.807, 2.05) is 0 Å². The summed E-state index contributed by atoms with van der Waals surface area (Å²) in [6.07, 6.45) is 6.91. The lowest BCUT2D eigenvalue weighted by Crippen LogP contribution is -2.51. The molecule has 1 saturated heterocycles. The molecule has 0 aromatic carbocycles. The Hall–Kier alpha value is -0.0800. The minimum absolute atomic E-state index is 0.353. The normalized spacial score (nSPS) is 26.1. The fraction of sp³-hybridized carbons (Fsp3) is 1.00. The predicted octanol–water partition coefficient (Wildman–Crippen LogP) is 3.03. The summed E-state index contributed by atoms with van der Waals surface area (Å²) in [6.45, 7) is 11.9. The van der Waals surface area contributed by atoms with Gasteiger partial charge < -0.3 is 5.32 Å². The van der Waals surface area contributed by atoms with Crippen LogP contribution < -0.4 is 5.32 Å². The molecule has 2 aliphatic rings. The van der Waals surface area contributed by atoms with Gasteiger partial charge in [0.2, 0.25) is 0 Å². The second kappa shape index (κ2) is 5.27. The zero-order chi connectivity index (χ0) is 12.5. The first kappa shape index (κ1) is 13.4. The molecule has 0 radical (unpaired) electrons. The molecule has 0 spiro atoms. The van der Waals surface area contributed by atoms with Crippen LogP contribution in [0.5, 0.6) is 0 Å². The first-order chi connectivity index (χ1) is 8.00. The number of nitrogens with one attached hydrogen (secondary N) is 1. The monoisotopic (exact) mass is 238 g/mol. The molecule has 100 valence electrons. The van der Waals surface area contributed by atoms with Crippen LogP contribution in [0.2, 0.25) is 0 Å². The molecule has 2 nitrogen and oxygen atoms in total. The summed E-state index contributed by atoms with van der Waals surface area (Å²) in [6, 6.07) is 1.58. The van der Waals surface area contributed by atoms with Crippen LogP contribution in [0, 0.1) is 5.92 Å². The third kappa shape index (κ3) is 3.69. The van der Waals surface area contributed by atoms with Crippen molar-refractivity contribution in [1.29, 1.82) is 0 Å². The Balaban J connectivity index is 1.75. The molecule has 1 atom stereocenters. The summed E-state index contributed by atoms with van der Waals surface area (Å²) < 4.78 is 0. The fourth-order valence-electron chi connectivity index (χ4n) is 3.11. The third-order valence-electron chi connectivity index (χ3n) is 4.52. The van der Waals surface area contributed by atoms with Gasteiger partial charge in [-0.3, -0.25) is 4.90 Å². The van der Waals surface area contributed by atoms with Gasteiger partial charge in [0.05, 0.1) is 0 Å². The zero-order valence-electron chi connectivity index (χ0n) is 12.1. The van der Waals surface area contributed by atoms with Gasteiger partial charge in [0.25, 0.3) is 0 Å². The number of piperidine rings is 1. The smallest absolute Gasteiger partial charge is 0.0125 e. The van der Waals surface area contributed by atoms with Crippen LogP contribution >= 0.6 is 0 Å². The van der Waals surface area contributed by atoms with Crippen molar-refractivity contribution in [3.63, 3.8) is 0 Å². The van der Waals surface area contributed by atoms with Crippen LogP contribution in [0.3, 0.4) is 0 Å². The highest BCUT2D eigenvalue weighted by molar-refractivity contribution is 4.90. The number of nitrogens with zero attached hydrogens (tertiary/aromatic N) is 1. The lowest BCUT2D eigenvalue weighted by atomic mass is 9.97. The first-order valence-electron chi connectivity index (χ1n) is 7.52. The second-order valence-corrected chi connectivity index (χ2v) is 6.95. The second-order valence-electron chi connectivity index (χ2n) is 6.95. The van der Waals surface area contributed by atoms with E-state index in [0.29, 0.717) is 5.54 Å². The topological polar surface area (TPSA) is 15.3 Å². The van der Waals surface area contributed by atoms with Gasteiger partial charge in [-0.25, -0.2) is 0 Å². The van der Waals surface area contributed by atoms with Gasteiger partial charge in [-0.1, -0.05) is 6.92 Å². The first-order valence-corrected chi connectivity index (χ1v) is 7.52. The minimum atomic E-state index is 0.353. The third-order valence-corrected chi connectivity index (χ3v) is 4.52. The maximum atomic E-state index is 3.91. The Morgan fingerprint density at radius 3 is 2.12 bits per heavy atom. The van der Waals surface area contributed by atoms with Crippen molar-refractivity contribution in [2.24, 2.45) is 5.92 Å². The molecule has 1 unspecified atom stereocenters. The van der Waals surface area contributed by atoms with E-state index in [0.717, 1.165) is 18.0 Å². The lowest BCUT2D eigenvalue weighted by Gasteiger charge is -2.41. The minimum Gasteiger partial charge on any atom is -0.311 e. The van der Waals surface area contributed by atoms with E-state index in [1.54, 1.807) is 0 Å². The Morgan fingerprint density at radius 1 is 1.12 bits per heavy atom. The summed E-state index contributed by atoms with van der Waals surface area (Å²) in [5.74, 6) is 1.00. The van der Waals surface area contributed by atoms with Crippen LogP contribution in [0.15, 0.2) is 0 Å². The van der Waals surface area contributed by atoms with Gasteiger partial charge in [0.15, 0.2) is 0 Å². The van der Waals surface area contributed by atoms with E-state index < -0.39 is 0 Å². The van der Waals surface area contributed by atoms with Gasteiger partial charge in [-0.15, -0.1) is 0 Å². The van der Waals surface area contributed by atoms with Crippen molar-refractivity contribution >= 4 is 0 Å². The maximum Gasteiger partial charge on any atom is 0.0125 e. The highest BCUT2D eigenvalue weighted by Gasteiger charge is 2.33. The fourth-order valence-corrected chi connectivity index (χ4v) is 3.11. The Morgan fingerprint density at radius 2 is 1.71 bits per heavy atom. The van der Waals surface area contributed by atoms with Gasteiger partial charge in [-0.2, -0.15) is 0 Å². The zero-order valence-corrected chi connectivity index (χ0v) is 12.1. The predicted molar refractivity (Wildman–Crippen MR) is 74.3 cm³/mol. The molecule has 1 aliphatic heterocycles. The number of hydrogen-bond donors (Lipinski definition) is 1.